The Labute approximate surface area is 168 Å². The van der Waals surface area contributed by atoms with Gasteiger partial charge in [-0.05, 0) is 48.8 Å². The third-order valence-corrected chi connectivity index (χ3v) is 6.69. The molecule has 1 aliphatic rings. The van der Waals surface area contributed by atoms with Gasteiger partial charge in [-0.3, -0.25) is 9.59 Å². The van der Waals surface area contributed by atoms with Crippen LogP contribution in [-0.4, -0.2) is 15.9 Å². The highest BCUT2D eigenvalue weighted by Gasteiger charge is 2.23. The van der Waals surface area contributed by atoms with Crippen molar-refractivity contribution in [2.45, 2.75) is 52.5 Å². The van der Waals surface area contributed by atoms with Crippen LogP contribution in [-0.2, 0) is 30.6 Å². The molecule has 5 nitrogen and oxygen atoms in total. The lowest BCUT2D eigenvalue weighted by Gasteiger charge is -2.17. The zero-order valence-corrected chi connectivity index (χ0v) is 17.1. The molecule has 0 radical (unpaired) electrons. The lowest BCUT2D eigenvalue weighted by molar-refractivity contribution is -0.121. The Bertz CT molecular complexity index is 1080. The highest BCUT2D eigenvalue weighted by Crippen LogP contribution is 2.35. The normalized spacial score (nSPS) is 16.1. The Morgan fingerprint density at radius 2 is 2.18 bits per heavy atom. The summed E-state index contributed by atoms with van der Waals surface area (Å²) in [4.78, 5) is 34.5. The first-order valence-electron chi connectivity index (χ1n) is 9.86. The smallest absolute Gasteiger partial charge is 0.259 e. The first kappa shape index (κ1) is 18.9. The van der Waals surface area contributed by atoms with Crippen LogP contribution in [0.25, 0.3) is 10.2 Å². The number of nitrogens with one attached hydrogen (secondary N) is 2. The van der Waals surface area contributed by atoms with Crippen LogP contribution in [0.1, 0.15) is 47.2 Å². The molecule has 2 aromatic heterocycles. The van der Waals surface area contributed by atoms with Gasteiger partial charge in [-0.25, -0.2) is 4.98 Å². The van der Waals surface area contributed by atoms with Crippen molar-refractivity contribution in [2.24, 2.45) is 5.92 Å². The monoisotopic (exact) mass is 395 g/mol. The van der Waals surface area contributed by atoms with E-state index in [-0.39, 0.29) is 11.5 Å². The van der Waals surface area contributed by atoms with Crippen LogP contribution in [0, 0.1) is 12.8 Å². The lowest BCUT2D eigenvalue weighted by Crippen LogP contribution is -2.24. The maximum Gasteiger partial charge on any atom is 0.259 e. The summed E-state index contributed by atoms with van der Waals surface area (Å²) in [5.41, 5.74) is 3.40. The Balaban J connectivity index is 1.43. The minimum Gasteiger partial charge on any atom is -0.352 e. The number of hydrogen-bond acceptors (Lipinski definition) is 4. The number of carbonyl (C=O) groups excluding carboxylic acids is 1. The highest BCUT2D eigenvalue weighted by molar-refractivity contribution is 7.18. The summed E-state index contributed by atoms with van der Waals surface area (Å²) in [5.74, 6) is 1.22. The van der Waals surface area contributed by atoms with E-state index >= 15 is 0 Å². The van der Waals surface area contributed by atoms with Gasteiger partial charge in [-0.2, -0.15) is 0 Å². The second-order valence-electron chi connectivity index (χ2n) is 7.75. The number of carbonyl (C=O) groups is 1. The van der Waals surface area contributed by atoms with E-state index in [1.165, 1.54) is 10.4 Å². The van der Waals surface area contributed by atoms with Crippen LogP contribution >= 0.6 is 11.3 Å². The maximum atomic E-state index is 12.6. The first-order chi connectivity index (χ1) is 13.5. The van der Waals surface area contributed by atoms with E-state index in [1.54, 1.807) is 11.3 Å². The number of fused-ring (bicyclic) bond motifs is 3. The number of nitrogens with zero attached hydrogens (tertiary/aromatic N) is 1. The second kappa shape index (κ2) is 7.87. The van der Waals surface area contributed by atoms with Crippen molar-refractivity contribution in [2.75, 3.05) is 0 Å². The van der Waals surface area contributed by atoms with Gasteiger partial charge in [0.05, 0.1) is 5.39 Å². The number of aromatic nitrogens is 2. The topological polar surface area (TPSA) is 74.8 Å². The zero-order valence-electron chi connectivity index (χ0n) is 16.3. The average Bonchev–Trinajstić information content (AvgIpc) is 3.03. The van der Waals surface area contributed by atoms with Gasteiger partial charge in [0, 0.05) is 24.3 Å². The molecule has 3 aromatic rings. The summed E-state index contributed by atoms with van der Waals surface area (Å²) in [6, 6.07) is 8.01. The number of benzene rings is 1. The van der Waals surface area contributed by atoms with Crippen molar-refractivity contribution in [1.82, 2.24) is 15.3 Å². The van der Waals surface area contributed by atoms with Crippen LogP contribution < -0.4 is 10.9 Å². The Hall–Kier alpha value is -2.47. The summed E-state index contributed by atoms with van der Waals surface area (Å²) in [5, 5.41) is 3.71. The highest BCUT2D eigenvalue weighted by atomic mass is 32.1. The van der Waals surface area contributed by atoms with Crippen LogP contribution in [0.4, 0.5) is 0 Å². The summed E-state index contributed by atoms with van der Waals surface area (Å²) in [6.07, 6.45) is 3.86. The number of aryl methyl sites for hydroxylation is 3. The first-order valence-corrected chi connectivity index (χ1v) is 10.7. The number of H-pyrrole nitrogens is 1. The molecule has 0 saturated carbocycles. The van der Waals surface area contributed by atoms with E-state index in [2.05, 4.69) is 22.2 Å². The molecule has 6 heteroatoms. The van der Waals surface area contributed by atoms with Crippen molar-refractivity contribution < 1.29 is 4.79 Å². The Morgan fingerprint density at radius 1 is 1.36 bits per heavy atom. The number of thiophene rings is 1. The SMILES string of the molecule is Cc1ccccc1CNC(=O)CCc1nc2sc3c(c2c(=O)[nH]1)CC[C@H](C)C3. The minimum atomic E-state index is -0.0626. The zero-order chi connectivity index (χ0) is 19.7. The van der Waals surface area contributed by atoms with E-state index < -0.39 is 0 Å². The molecule has 0 fully saturated rings. The predicted molar refractivity (Wildman–Crippen MR) is 113 cm³/mol. The van der Waals surface area contributed by atoms with Gasteiger partial charge in [0.15, 0.2) is 0 Å². The maximum absolute atomic E-state index is 12.6. The molecule has 2 N–H and O–H groups in total. The second-order valence-corrected chi connectivity index (χ2v) is 8.83. The van der Waals surface area contributed by atoms with Crippen LogP contribution in [0.3, 0.4) is 0 Å². The molecule has 1 aromatic carbocycles. The molecule has 2 heterocycles. The quantitative estimate of drug-likeness (QED) is 0.692. The van der Waals surface area contributed by atoms with Gasteiger partial charge >= 0.3 is 0 Å². The fraction of sp³-hybridized carbons (Fsp3) is 0.409. The van der Waals surface area contributed by atoms with E-state index in [0.717, 1.165) is 40.6 Å². The Morgan fingerprint density at radius 3 is 3.00 bits per heavy atom. The van der Waals surface area contributed by atoms with Crippen molar-refractivity contribution in [3.63, 3.8) is 0 Å². The van der Waals surface area contributed by atoms with Crippen LogP contribution in [0.15, 0.2) is 29.1 Å². The van der Waals surface area contributed by atoms with Gasteiger partial charge in [0.2, 0.25) is 5.91 Å². The number of amides is 1. The molecule has 1 aliphatic carbocycles. The molecule has 4 rings (SSSR count). The van der Waals surface area contributed by atoms with E-state index in [1.807, 2.05) is 31.2 Å². The molecule has 0 aliphatic heterocycles. The van der Waals surface area contributed by atoms with Gasteiger partial charge in [0.25, 0.3) is 5.56 Å². The third-order valence-electron chi connectivity index (χ3n) is 5.54. The van der Waals surface area contributed by atoms with Crippen molar-refractivity contribution in [3.8, 4) is 0 Å². The fourth-order valence-electron chi connectivity index (χ4n) is 3.83. The summed E-state index contributed by atoms with van der Waals surface area (Å²) in [6.45, 7) is 4.81. The number of hydrogen-bond donors (Lipinski definition) is 2. The molecule has 0 unspecified atom stereocenters. The fourth-order valence-corrected chi connectivity index (χ4v) is 5.24. The molecule has 28 heavy (non-hydrogen) atoms. The van der Waals surface area contributed by atoms with E-state index in [0.29, 0.717) is 31.1 Å². The van der Waals surface area contributed by atoms with E-state index in [4.69, 9.17) is 0 Å². The van der Waals surface area contributed by atoms with Gasteiger partial charge < -0.3 is 10.3 Å². The molecule has 0 spiro atoms. The van der Waals surface area contributed by atoms with Crippen molar-refractivity contribution in [1.29, 1.82) is 0 Å². The van der Waals surface area contributed by atoms with Crippen molar-refractivity contribution in [3.05, 3.63) is 62.0 Å². The molecule has 1 amide bonds. The number of aromatic amines is 1. The Kier molecular flexibility index (Phi) is 5.31. The largest absolute Gasteiger partial charge is 0.352 e. The van der Waals surface area contributed by atoms with E-state index in [9.17, 15) is 9.59 Å². The van der Waals surface area contributed by atoms with Crippen LogP contribution in [0.5, 0.6) is 0 Å². The molecular weight excluding hydrogens is 370 g/mol. The summed E-state index contributed by atoms with van der Waals surface area (Å²) >= 11 is 1.64. The van der Waals surface area contributed by atoms with Crippen molar-refractivity contribution >= 4 is 27.5 Å². The molecule has 146 valence electrons. The molecule has 1 atom stereocenters. The number of rotatable bonds is 5. The van der Waals surface area contributed by atoms with Gasteiger partial charge in [0.1, 0.15) is 10.7 Å². The summed E-state index contributed by atoms with van der Waals surface area (Å²) < 4.78 is 0. The average molecular weight is 396 g/mol. The minimum absolute atomic E-state index is 0.0368. The molecule has 0 bridgehead atoms. The summed E-state index contributed by atoms with van der Waals surface area (Å²) in [7, 11) is 0. The van der Waals surface area contributed by atoms with Gasteiger partial charge in [-0.15, -0.1) is 11.3 Å². The molecular formula is C22H25N3O2S. The van der Waals surface area contributed by atoms with Gasteiger partial charge in [-0.1, -0.05) is 31.2 Å². The predicted octanol–water partition coefficient (Wildman–Crippen LogP) is 3.67. The lowest BCUT2D eigenvalue weighted by atomic mass is 9.89. The standard InChI is InChI=1S/C22H25N3O2S/c1-13-7-8-16-17(11-13)28-22-20(16)21(27)24-18(25-22)9-10-19(26)23-12-15-6-4-3-5-14(15)2/h3-6,13H,7-12H2,1-2H3,(H,23,26)(H,24,25,27)/t13-/m0/s1. The third kappa shape index (κ3) is 3.87. The van der Waals surface area contributed by atoms with Crippen LogP contribution in [0.2, 0.25) is 0 Å². The molecule has 0 saturated heterocycles.